The lowest BCUT2D eigenvalue weighted by atomic mass is 10.2. The molecular weight excluding hydrogens is 535 g/mol. The Morgan fingerprint density at radius 3 is 2.30 bits per heavy atom. The van der Waals surface area contributed by atoms with Crippen molar-refractivity contribution in [3.8, 4) is 5.75 Å². The van der Waals surface area contributed by atoms with Crippen LogP contribution in [0, 0.1) is 5.82 Å². The number of carbonyl (C=O) groups excluding carboxylic acids is 1. The van der Waals surface area contributed by atoms with Crippen molar-refractivity contribution >= 4 is 32.4 Å². The van der Waals surface area contributed by atoms with Gasteiger partial charge in [-0.2, -0.15) is 4.31 Å². The highest BCUT2D eigenvalue weighted by Crippen LogP contribution is 2.27. The summed E-state index contributed by atoms with van der Waals surface area (Å²) in [6, 6.07) is 20.1. The van der Waals surface area contributed by atoms with Crippen molar-refractivity contribution in [1.29, 1.82) is 0 Å². The van der Waals surface area contributed by atoms with Crippen LogP contribution in [0.15, 0.2) is 88.7 Å². The van der Waals surface area contributed by atoms with Gasteiger partial charge in [-0.25, -0.2) is 12.8 Å². The molecular formula is C29H29FN4O5S. The Balaban J connectivity index is 1.39. The lowest BCUT2D eigenvalue weighted by molar-refractivity contribution is -0.121. The third-order valence-corrected chi connectivity index (χ3v) is 8.92. The maximum Gasteiger partial charge on any atom is 0.258 e. The molecule has 1 amide bonds. The van der Waals surface area contributed by atoms with E-state index in [4.69, 9.17) is 4.74 Å². The summed E-state index contributed by atoms with van der Waals surface area (Å²) in [5.74, 6) is -0.194. The molecule has 208 valence electrons. The number of nitrogens with one attached hydrogen (secondary N) is 1. The topological polar surface area (TPSA) is 101 Å². The number of methoxy groups -OCH3 is 1. The normalized spacial score (nSPS) is 14.3. The van der Waals surface area contributed by atoms with E-state index in [1.807, 2.05) is 23.1 Å². The lowest BCUT2D eigenvalue weighted by Gasteiger charge is -2.35. The summed E-state index contributed by atoms with van der Waals surface area (Å²) in [5.41, 5.74) is 0.728. The molecule has 0 spiro atoms. The van der Waals surface area contributed by atoms with Crippen LogP contribution in [0.2, 0.25) is 0 Å². The van der Waals surface area contributed by atoms with Crippen molar-refractivity contribution < 1.29 is 22.3 Å². The van der Waals surface area contributed by atoms with Gasteiger partial charge in [0.2, 0.25) is 15.9 Å². The van der Waals surface area contributed by atoms with Gasteiger partial charge in [-0.3, -0.25) is 9.59 Å². The summed E-state index contributed by atoms with van der Waals surface area (Å²) in [7, 11) is -2.50. The molecule has 1 aliphatic heterocycles. The number of hydrogen-bond acceptors (Lipinski definition) is 6. The Morgan fingerprint density at radius 2 is 1.57 bits per heavy atom. The maximum atomic E-state index is 14.3. The van der Waals surface area contributed by atoms with Gasteiger partial charge in [0, 0.05) is 55.3 Å². The van der Waals surface area contributed by atoms with E-state index in [-0.39, 0.29) is 47.7 Å². The number of rotatable bonds is 8. The van der Waals surface area contributed by atoms with Crippen LogP contribution >= 0.6 is 0 Å². The number of anilines is 1. The van der Waals surface area contributed by atoms with Crippen molar-refractivity contribution in [3.05, 3.63) is 101 Å². The second-order valence-corrected chi connectivity index (χ2v) is 11.3. The molecule has 11 heteroatoms. The highest BCUT2D eigenvalue weighted by Gasteiger charge is 2.31. The second-order valence-electron chi connectivity index (χ2n) is 9.40. The molecule has 1 aliphatic rings. The maximum absolute atomic E-state index is 14.3. The van der Waals surface area contributed by atoms with Crippen molar-refractivity contribution in [2.45, 2.75) is 18.0 Å². The molecule has 1 N–H and O–H groups in total. The first-order valence-electron chi connectivity index (χ1n) is 12.8. The van der Waals surface area contributed by atoms with Gasteiger partial charge in [0.05, 0.1) is 12.8 Å². The molecule has 0 atom stereocenters. The number of aromatic nitrogens is 1. The summed E-state index contributed by atoms with van der Waals surface area (Å²) in [4.78, 5) is 27.8. The number of fused-ring (bicyclic) bond motifs is 1. The molecule has 1 saturated heterocycles. The summed E-state index contributed by atoms with van der Waals surface area (Å²) >= 11 is 0. The minimum Gasteiger partial charge on any atom is -0.496 e. The molecule has 0 bridgehead atoms. The van der Waals surface area contributed by atoms with Crippen LogP contribution in [0.5, 0.6) is 5.75 Å². The van der Waals surface area contributed by atoms with Crippen molar-refractivity contribution in [2.75, 3.05) is 38.2 Å². The molecule has 0 unspecified atom stereocenters. The number of benzene rings is 3. The van der Waals surface area contributed by atoms with Gasteiger partial charge >= 0.3 is 0 Å². The first-order valence-corrected chi connectivity index (χ1v) is 14.2. The summed E-state index contributed by atoms with van der Waals surface area (Å²) in [6.07, 6.45) is 1.24. The zero-order chi connectivity index (χ0) is 28.3. The van der Waals surface area contributed by atoms with E-state index in [2.05, 4.69) is 5.32 Å². The van der Waals surface area contributed by atoms with Gasteiger partial charge < -0.3 is 19.5 Å². The molecule has 5 rings (SSSR count). The molecule has 4 aromatic rings. The van der Waals surface area contributed by atoms with E-state index in [1.54, 1.807) is 48.5 Å². The van der Waals surface area contributed by atoms with E-state index in [0.717, 1.165) is 10.1 Å². The quantitative estimate of drug-likeness (QED) is 0.353. The summed E-state index contributed by atoms with van der Waals surface area (Å²) < 4.78 is 49.7. The fraction of sp³-hybridized carbons (Fsp3) is 0.241. The highest BCUT2D eigenvalue weighted by molar-refractivity contribution is 7.89. The summed E-state index contributed by atoms with van der Waals surface area (Å²) in [6.45, 7) is 0.726. The molecule has 40 heavy (non-hydrogen) atoms. The molecule has 0 radical (unpaired) electrons. The molecule has 9 nitrogen and oxygen atoms in total. The second kappa shape index (κ2) is 11.5. The Kier molecular flexibility index (Phi) is 7.85. The number of piperazine rings is 1. The zero-order valence-corrected chi connectivity index (χ0v) is 22.7. The number of amides is 1. The van der Waals surface area contributed by atoms with Crippen LogP contribution in [-0.2, 0) is 27.9 Å². The Hall–Kier alpha value is -4.22. The zero-order valence-electron chi connectivity index (χ0n) is 21.9. The van der Waals surface area contributed by atoms with Crippen LogP contribution in [0.1, 0.15) is 5.56 Å². The Bertz CT molecular complexity index is 1720. The van der Waals surface area contributed by atoms with Crippen LogP contribution in [0.4, 0.5) is 10.1 Å². The van der Waals surface area contributed by atoms with Gasteiger partial charge in [-0.15, -0.1) is 0 Å². The number of halogens is 1. The number of pyridine rings is 1. The van der Waals surface area contributed by atoms with Crippen molar-refractivity contribution in [2.24, 2.45) is 0 Å². The Labute approximate surface area is 231 Å². The molecule has 3 aromatic carbocycles. The number of sulfonamides is 1. The fourth-order valence-corrected chi connectivity index (χ4v) is 6.54. The van der Waals surface area contributed by atoms with Crippen LogP contribution < -0.4 is 20.5 Å². The number of hydrogen-bond donors (Lipinski definition) is 1. The van der Waals surface area contributed by atoms with Crippen LogP contribution in [-0.4, -0.2) is 56.5 Å². The number of para-hydroxylation sites is 2. The van der Waals surface area contributed by atoms with Crippen LogP contribution in [0.3, 0.4) is 0 Å². The van der Waals surface area contributed by atoms with E-state index in [1.165, 1.54) is 23.7 Å². The minimum atomic E-state index is -4.04. The van der Waals surface area contributed by atoms with Gasteiger partial charge in [0.15, 0.2) is 0 Å². The third kappa shape index (κ3) is 5.43. The predicted molar refractivity (Wildman–Crippen MR) is 150 cm³/mol. The summed E-state index contributed by atoms with van der Waals surface area (Å²) in [5, 5.41) is 3.26. The standard InChI is InChI=1S/C29H29FN4O5S/c1-39-26-13-7-2-8-21(26)18-31-28(35)20-33-19-27(22-9-3-4-10-23(22)29(33)36)40(37,38)34-16-14-32(15-17-34)25-12-6-5-11-24(25)30/h2-13,19H,14-18,20H2,1H3,(H,31,35). The lowest BCUT2D eigenvalue weighted by Crippen LogP contribution is -2.49. The number of ether oxygens (including phenoxy) is 1. The van der Waals surface area contributed by atoms with Crippen molar-refractivity contribution in [1.82, 2.24) is 14.2 Å². The van der Waals surface area contributed by atoms with Crippen LogP contribution in [0.25, 0.3) is 10.8 Å². The third-order valence-electron chi connectivity index (χ3n) is 6.99. The SMILES string of the molecule is COc1ccccc1CNC(=O)Cn1cc(S(=O)(=O)N2CCN(c3ccccc3F)CC2)c2ccccc2c1=O. The Morgan fingerprint density at radius 1 is 0.925 bits per heavy atom. The minimum absolute atomic E-state index is 0.0560. The average molecular weight is 565 g/mol. The first kappa shape index (κ1) is 27.4. The first-order chi connectivity index (χ1) is 19.3. The number of carbonyl (C=O) groups is 1. The molecule has 0 aliphatic carbocycles. The van der Waals surface area contributed by atoms with E-state index >= 15 is 0 Å². The fourth-order valence-electron chi connectivity index (χ4n) is 4.90. The smallest absolute Gasteiger partial charge is 0.258 e. The van der Waals surface area contributed by atoms with Gasteiger partial charge in [-0.1, -0.05) is 48.5 Å². The van der Waals surface area contributed by atoms with Crippen molar-refractivity contribution in [3.63, 3.8) is 0 Å². The monoisotopic (exact) mass is 564 g/mol. The largest absolute Gasteiger partial charge is 0.496 e. The van der Waals surface area contributed by atoms with Gasteiger partial charge in [-0.05, 0) is 24.3 Å². The van der Waals surface area contributed by atoms with Gasteiger partial charge in [0.25, 0.3) is 5.56 Å². The molecule has 0 saturated carbocycles. The molecule has 1 aromatic heterocycles. The molecule has 1 fully saturated rings. The predicted octanol–water partition coefficient (Wildman–Crippen LogP) is 2.98. The van der Waals surface area contributed by atoms with E-state index in [0.29, 0.717) is 24.5 Å². The van der Waals surface area contributed by atoms with E-state index in [9.17, 15) is 22.4 Å². The highest BCUT2D eigenvalue weighted by atomic mass is 32.2. The van der Waals surface area contributed by atoms with E-state index < -0.39 is 21.5 Å². The molecule has 2 heterocycles. The van der Waals surface area contributed by atoms with Gasteiger partial charge in [0.1, 0.15) is 23.0 Å². The number of nitrogens with zero attached hydrogens (tertiary/aromatic N) is 3. The average Bonchev–Trinajstić information content (AvgIpc) is 2.98.